The average molecular weight is 403 g/mol. The van der Waals surface area contributed by atoms with Crippen LogP contribution in [-0.2, 0) is 14.7 Å². The molecule has 2 rings (SSSR count). The normalized spacial score (nSPS) is 18.2. The summed E-state index contributed by atoms with van der Waals surface area (Å²) in [5.74, 6) is -1.08. The van der Waals surface area contributed by atoms with Gasteiger partial charge in [0.05, 0.1) is 41.3 Å². The zero-order chi connectivity index (χ0) is 22.1. The van der Waals surface area contributed by atoms with Crippen LogP contribution in [0.25, 0.3) is 5.57 Å². The Morgan fingerprint density at radius 2 is 1.45 bits per heavy atom. The molecule has 0 aromatic carbocycles. The molecule has 0 spiro atoms. The number of nitrogens with zero attached hydrogens (tertiary/aromatic N) is 2. The number of aryl methyl sites for hydroxylation is 2. The smallest absolute Gasteiger partial charge is 0.340 e. The number of ether oxygens (including phenoxy) is 2. The van der Waals surface area contributed by atoms with Gasteiger partial charge in [-0.3, -0.25) is 4.98 Å². The molecule has 1 aromatic heterocycles. The highest BCUT2D eigenvalue weighted by Gasteiger charge is 2.44. The van der Waals surface area contributed by atoms with Gasteiger partial charge in [0.2, 0.25) is 0 Å². The average Bonchev–Trinajstić information content (AvgIpc) is 2.58. The van der Waals surface area contributed by atoms with Gasteiger partial charge in [0.1, 0.15) is 0 Å². The summed E-state index contributed by atoms with van der Waals surface area (Å²) in [5.41, 5.74) is 1.11. The lowest BCUT2D eigenvalue weighted by Gasteiger charge is -2.45. The van der Waals surface area contributed by atoms with Gasteiger partial charge in [-0.15, -0.1) is 10.3 Å². The second-order valence-electron chi connectivity index (χ2n) is 8.46. The largest absolute Gasteiger partial charge is 0.462 e. The number of hydrogen-bond acceptors (Lipinski definition) is 6. The number of esters is 2. The highest BCUT2D eigenvalue weighted by atomic mass is 16.5. The first-order valence-electron chi connectivity index (χ1n) is 9.92. The summed E-state index contributed by atoms with van der Waals surface area (Å²) in [5, 5.41) is 13.9. The standard InChI is InChI=1S/C22H31N2O5/c1-9-28-19(25)16-13(3)23-14(4)17(20(26)29-10-2)18(16)15-11-21(5,6)24(27)22(7,8)12-15/h11H,9-10,12H2,1-8H3. The lowest BCUT2D eigenvalue weighted by molar-refractivity contribution is -0.260. The Hall–Kier alpha value is -2.25. The van der Waals surface area contributed by atoms with Gasteiger partial charge >= 0.3 is 11.9 Å². The Bertz CT molecular complexity index is 813. The second kappa shape index (κ2) is 8.24. The Morgan fingerprint density at radius 1 is 1.00 bits per heavy atom. The fourth-order valence-corrected chi connectivity index (χ4v) is 4.09. The van der Waals surface area contributed by atoms with Gasteiger partial charge in [-0.1, -0.05) is 6.08 Å². The molecular weight excluding hydrogens is 372 g/mol. The summed E-state index contributed by atoms with van der Waals surface area (Å²) in [6.07, 6.45) is 2.19. The molecule has 0 aliphatic carbocycles. The third-order valence-corrected chi connectivity index (χ3v) is 5.06. The number of aromatic nitrogens is 1. The van der Waals surface area contributed by atoms with E-state index in [1.165, 1.54) is 0 Å². The van der Waals surface area contributed by atoms with Gasteiger partial charge in [0, 0.05) is 11.1 Å². The van der Waals surface area contributed by atoms with Crippen molar-refractivity contribution in [3.8, 4) is 0 Å². The lowest BCUT2D eigenvalue weighted by atomic mass is 9.78. The van der Waals surface area contributed by atoms with Crippen molar-refractivity contribution >= 4 is 17.5 Å². The van der Waals surface area contributed by atoms with Gasteiger partial charge < -0.3 is 9.47 Å². The fraction of sp³-hybridized carbons (Fsp3) is 0.591. The third kappa shape index (κ3) is 4.36. The Balaban J connectivity index is 2.89. The van der Waals surface area contributed by atoms with Crippen molar-refractivity contribution in [2.75, 3.05) is 13.2 Å². The van der Waals surface area contributed by atoms with Gasteiger partial charge in [-0.2, -0.15) is 0 Å². The summed E-state index contributed by atoms with van der Waals surface area (Å²) in [7, 11) is 0. The molecule has 0 N–H and O–H groups in total. The van der Waals surface area contributed by atoms with E-state index in [-0.39, 0.29) is 24.3 Å². The van der Waals surface area contributed by atoms with E-state index in [4.69, 9.17) is 9.47 Å². The van der Waals surface area contributed by atoms with E-state index in [0.717, 1.165) is 10.6 Å². The zero-order valence-electron chi connectivity index (χ0n) is 18.6. The molecule has 0 saturated carbocycles. The molecule has 0 fully saturated rings. The van der Waals surface area contributed by atoms with Crippen LogP contribution < -0.4 is 0 Å². The number of pyridine rings is 1. The fourth-order valence-electron chi connectivity index (χ4n) is 4.09. The molecule has 0 bridgehead atoms. The van der Waals surface area contributed by atoms with Crippen molar-refractivity contribution in [3.05, 3.63) is 34.2 Å². The molecule has 1 aromatic rings. The van der Waals surface area contributed by atoms with Crippen LogP contribution in [0.3, 0.4) is 0 Å². The maximum atomic E-state index is 12.8. The van der Waals surface area contributed by atoms with Crippen LogP contribution in [0.1, 0.15) is 85.6 Å². The van der Waals surface area contributed by atoms with Crippen LogP contribution in [0.5, 0.6) is 0 Å². The molecule has 0 amide bonds. The number of carbonyl (C=O) groups is 2. The summed E-state index contributed by atoms with van der Waals surface area (Å²) in [6, 6.07) is 0. The second-order valence-corrected chi connectivity index (χ2v) is 8.46. The maximum absolute atomic E-state index is 12.8. The first-order chi connectivity index (χ1) is 13.4. The van der Waals surface area contributed by atoms with E-state index in [0.29, 0.717) is 23.4 Å². The minimum absolute atomic E-state index is 0.199. The monoisotopic (exact) mass is 403 g/mol. The summed E-state index contributed by atoms with van der Waals surface area (Å²) >= 11 is 0. The summed E-state index contributed by atoms with van der Waals surface area (Å²) in [4.78, 5) is 30.1. The van der Waals surface area contributed by atoms with Crippen molar-refractivity contribution in [1.29, 1.82) is 0 Å². The molecule has 0 saturated heterocycles. The molecule has 1 aliphatic heterocycles. The van der Waals surface area contributed by atoms with Crippen molar-refractivity contribution in [1.82, 2.24) is 10.0 Å². The van der Waals surface area contributed by atoms with Crippen molar-refractivity contribution in [2.24, 2.45) is 0 Å². The van der Waals surface area contributed by atoms with Crippen LogP contribution in [-0.4, -0.2) is 46.3 Å². The van der Waals surface area contributed by atoms with E-state index >= 15 is 0 Å². The predicted molar refractivity (Wildman–Crippen MR) is 109 cm³/mol. The van der Waals surface area contributed by atoms with Crippen LogP contribution in [0.4, 0.5) is 0 Å². The van der Waals surface area contributed by atoms with Crippen molar-refractivity contribution < 1.29 is 24.3 Å². The quantitative estimate of drug-likeness (QED) is 0.689. The Labute approximate surface area is 172 Å². The highest BCUT2D eigenvalue weighted by Crippen LogP contribution is 2.42. The molecule has 1 radical (unpaired) electrons. The van der Waals surface area contributed by atoms with Gasteiger partial charge in [-0.25, -0.2) is 9.59 Å². The molecule has 29 heavy (non-hydrogen) atoms. The van der Waals surface area contributed by atoms with Crippen molar-refractivity contribution in [2.45, 2.75) is 72.9 Å². The number of hydroxylamine groups is 2. The number of rotatable bonds is 5. The molecular formula is C22H31N2O5. The minimum Gasteiger partial charge on any atom is -0.462 e. The van der Waals surface area contributed by atoms with Gasteiger partial charge in [0.15, 0.2) is 0 Å². The SMILES string of the molecule is CCOC(=O)c1c(C)nc(C)c(C(=O)OCC)c1C1=CC(C)(C)N([O])C(C)(C)C1. The van der Waals surface area contributed by atoms with Crippen LogP contribution in [0, 0.1) is 13.8 Å². The van der Waals surface area contributed by atoms with Crippen LogP contribution in [0.15, 0.2) is 6.08 Å². The van der Waals surface area contributed by atoms with Crippen molar-refractivity contribution in [3.63, 3.8) is 0 Å². The third-order valence-electron chi connectivity index (χ3n) is 5.06. The zero-order valence-corrected chi connectivity index (χ0v) is 18.6. The molecule has 1 aliphatic rings. The van der Waals surface area contributed by atoms with E-state index in [1.54, 1.807) is 27.7 Å². The van der Waals surface area contributed by atoms with E-state index in [9.17, 15) is 14.8 Å². The van der Waals surface area contributed by atoms with E-state index < -0.39 is 23.0 Å². The lowest BCUT2D eigenvalue weighted by Crippen LogP contribution is -2.54. The summed E-state index contributed by atoms with van der Waals surface area (Å²) < 4.78 is 10.5. The maximum Gasteiger partial charge on any atom is 0.340 e. The predicted octanol–water partition coefficient (Wildman–Crippen LogP) is 4.04. The summed E-state index contributed by atoms with van der Waals surface area (Å²) in [6.45, 7) is 14.6. The molecule has 7 nitrogen and oxygen atoms in total. The minimum atomic E-state index is -0.819. The first kappa shape index (κ1) is 23.0. The molecule has 2 heterocycles. The highest BCUT2D eigenvalue weighted by molar-refractivity contribution is 6.05. The molecule has 0 unspecified atom stereocenters. The Kier molecular flexibility index (Phi) is 6.55. The van der Waals surface area contributed by atoms with E-state index in [1.807, 2.05) is 33.8 Å². The topological polar surface area (TPSA) is 88.6 Å². The first-order valence-corrected chi connectivity index (χ1v) is 9.92. The van der Waals surface area contributed by atoms with E-state index in [2.05, 4.69) is 4.98 Å². The number of carbonyl (C=O) groups excluding carboxylic acids is 2. The van der Waals surface area contributed by atoms with Crippen LogP contribution in [0.2, 0.25) is 0 Å². The molecule has 0 atom stereocenters. The van der Waals surface area contributed by atoms with Crippen LogP contribution >= 0.6 is 0 Å². The van der Waals surface area contributed by atoms with Gasteiger partial charge in [0.25, 0.3) is 0 Å². The van der Waals surface area contributed by atoms with Gasteiger partial charge in [-0.05, 0) is 67.4 Å². The molecule has 159 valence electrons. The Morgan fingerprint density at radius 3 is 1.83 bits per heavy atom. The molecule has 7 heteroatoms. The number of hydrogen-bond donors (Lipinski definition) is 0.